The zero-order chi connectivity index (χ0) is 16.6. The van der Waals surface area contributed by atoms with Crippen LogP contribution in [0.4, 0.5) is 0 Å². The molecule has 0 saturated heterocycles. The van der Waals surface area contributed by atoms with Gasteiger partial charge in [-0.1, -0.05) is 42.5 Å². The third-order valence-corrected chi connectivity index (χ3v) is 3.91. The molecule has 1 amide bonds. The molecule has 4 heteroatoms. The molecule has 0 saturated carbocycles. The van der Waals surface area contributed by atoms with E-state index in [0.717, 1.165) is 24.9 Å². The van der Waals surface area contributed by atoms with Crippen LogP contribution in [0.1, 0.15) is 27.9 Å². The predicted molar refractivity (Wildman–Crippen MR) is 94.9 cm³/mol. The summed E-state index contributed by atoms with van der Waals surface area (Å²) in [6.45, 7) is 1.45. The Balaban J connectivity index is 1.44. The number of carbonyl (C=O) groups is 1. The molecule has 122 valence electrons. The molecule has 0 spiro atoms. The molecule has 0 bridgehead atoms. The van der Waals surface area contributed by atoms with Gasteiger partial charge < -0.3 is 9.88 Å². The van der Waals surface area contributed by atoms with Crippen molar-refractivity contribution in [1.82, 2.24) is 14.9 Å². The maximum Gasteiger partial charge on any atom is 0.251 e. The number of aromatic nitrogens is 2. The molecule has 0 fully saturated rings. The van der Waals surface area contributed by atoms with E-state index in [1.807, 2.05) is 53.2 Å². The van der Waals surface area contributed by atoms with Crippen molar-refractivity contribution < 1.29 is 4.79 Å². The van der Waals surface area contributed by atoms with E-state index in [2.05, 4.69) is 22.4 Å². The molecule has 4 nitrogen and oxygen atoms in total. The maximum atomic E-state index is 12.2. The topological polar surface area (TPSA) is 46.9 Å². The van der Waals surface area contributed by atoms with Gasteiger partial charge in [-0.25, -0.2) is 4.98 Å². The van der Waals surface area contributed by atoms with Crippen molar-refractivity contribution in [3.63, 3.8) is 0 Å². The number of carbonyl (C=O) groups excluding carboxylic acids is 1. The lowest BCUT2D eigenvalue weighted by Crippen LogP contribution is -2.24. The fourth-order valence-electron chi connectivity index (χ4n) is 2.59. The molecule has 0 aliphatic carbocycles. The van der Waals surface area contributed by atoms with Gasteiger partial charge in [0.05, 0.1) is 6.33 Å². The second-order valence-corrected chi connectivity index (χ2v) is 5.78. The average Bonchev–Trinajstić information content (AvgIpc) is 3.13. The van der Waals surface area contributed by atoms with E-state index in [4.69, 9.17) is 0 Å². The molecule has 1 heterocycles. The van der Waals surface area contributed by atoms with E-state index in [0.29, 0.717) is 12.1 Å². The first-order valence-corrected chi connectivity index (χ1v) is 8.18. The van der Waals surface area contributed by atoms with E-state index in [-0.39, 0.29) is 5.91 Å². The van der Waals surface area contributed by atoms with Crippen LogP contribution in [0.3, 0.4) is 0 Å². The van der Waals surface area contributed by atoms with Gasteiger partial charge in [0.15, 0.2) is 0 Å². The molecule has 0 radical (unpaired) electrons. The molecule has 1 aromatic heterocycles. The van der Waals surface area contributed by atoms with Crippen LogP contribution in [0.5, 0.6) is 0 Å². The Morgan fingerprint density at radius 2 is 1.79 bits per heavy atom. The molecule has 0 unspecified atom stereocenters. The maximum absolute atomic E-state index is 12.2. The van der Waals surface area contributed by atoms with E-state index < -0.39 is 0 Å². The zero-order valence-corrected chi connectivity index (χ0v) is 13.6. The van der Waals surface area contributed by atoms with Crippen molar-refractivity contribution >= 4 is 5.91 Å². The minimum absolute atomic E-state index is 0.0164. The fourth-order valence-corrected chi connectivity index (χ4v) is 2.59. The lowest BCUT2D eigenvalue weighted by molar-refractivity contribution is 0.0953. The molecule has 2 aromatic carbocycles. The van der Waals surface area contributed by atoms with Crippen LogP contribution in [-0.4, -0.2) is 22.0 Å². The Labute approximate surface area is 142 Å². The molecule has 0 aliphatic rings. The number of nitrogens with one attached hydrogen (secondary N) is 1. The van der Waals surface area contributed by atoms with Crippen molar-refractivity contribution in [2.24, 2.45) is 0 Å². The monoisotopic (exact) mass is 319 g/mol. The van der Waals surface area contributed by atoms with Gasteiger partial charge in [0.25, 0.3) is 5.91 Å². The van der Waals surface area contributed by atoms with Gasteiger partial charge >= 0.3 is 0 Å². The van der Waals surface area contributed by atoms with Gasteiger partial charge in [0.1, 0.15) is 0 Å². The first-order valence-electron chi connectivity index (χ1n) is 8.18. The Kier molecular flexibility index (Phi) is 5.40. The number of amides is 1. The van der Waals surface area contributed by atoms with E-state index >= 15 is 0 Å². The first kappa shape index (κ1) is 16.0. The van der Waals surface area contributed by atoms with Crippen LogP contribution in [0.25, 0.3) is 0 Å². The van der Waals surface area contributed by atoms with Crippen molar-refractivity contribution in [3.8, 4) is 0 Å². The van der Waals surface area contributed by atoms with Crippen molar-refractivity contribution in [3.05, 3.63) is 90.0 Å². The van der Waals surface area contributed by atoms with Crippen LogP contribution in [-0.2, 0) is 13.0 Å². The molecule has 1 N–H and O–H groups in total. The second kappa shape index (κ2) is 8.11. The Morgan fingerprint density at radius 3 is 2.50 bits per heavy atom. The van der Waals surface area contributed by atoms with E-state index in [9.17, 15) is 4.79 Å². The van der Waals surface area contributed by atoms with E-state index in [1.54, 1.807) is 12.5 Å². The highest BCUT2D eigenvalue weighted by molar-refractivity contribution is 5.94. The summed E-state index contributed by atoms with van der Waals surface area (Å²) >= 11 is 0. The number of rotatable bonds is 7. The second-order valence-electron chi connectivity index (χ2n) is 5.78. The Bertz CT molecular complexity index is 749. The number of hydrogen-bond donors (Lipinski definition) is 1. The minimum Gasteiger partial charge on any atom is -0.352 e. The normalized spacial score (nSPS) is 10.5. The van der Waals surface area contributed by atoms with Gasteiger partial charge in [-0.05, 0) is 36.1 Å². The highest BCUT2D eigenvalue weighted by atomic mass is 16.1. The Morgan fingerprint density at radius 1 is 1.00 bits per heavy atom. The lowest BCUT2D eigenvalue weighted by atomic mass is 10.1. The summed E-state index contributed by atoms with van der Waals surface area (Å²) in [5.74, 6) is -0.0164. The standard InChI is InChI=1S/C20H21N3O/c24-20(22-12-4-7-17-5-2-1-3-6-17)19-10-8-18(9-11-19)15-23-14-13-21-16-23/h1-3,5-6,8-11,13-14,16H,4,7,12,15H2,(H,22,24). The smallest absolute Gasteiger partial charge is 0.251 e. The van der Waals surface area contributed by atoms with Gasteiger partial charge in [0.2, 0.25) is 0 Å². The summed E-state index contributed by atoms with van der Waals surface area (Å²) in [4.78, 5) is 16.2. The van der Waals surface area contributed by atoms with Crippen LogP contribution >= 0.6 is 0 Å². The van der Waals surface area contributed by atoms with Gasteiger partial charge in [-0.3, -0.25) is 4.79 Å². The minimum atomic E-state index is -0.0164. The SMILES string of the molecule is O=C(NCCCc1ccccc1)c1ccc(Cn2ccnc2)cc1. The number of nitrogens with zero attached hydrogens (tertiary/aromatic N) is 2. The quantitative estimate of drug-likeness (QED) is 0.679. The number of hydrogen-bond acceptors (Lipinski definition) is 2. The Hall–Kier alpha value is -2.88. The zero-order valence-electron chi connectivity index (χ0n) is 13.6. The first-order chi connectivity index (χ1) is 11.8. The largest absolute Gasteiger partial charge is 0.352 e. The summed E-state index contributed by atoms with van der Waals surface area (Å²) in [5.41, 5.74) is 3.15. The molecule has 0 aliphatic heterocycles. The predicted octanol–water partition coefficient (Wildman–Crippen LogP) is 3.29. The molecule has 24 heavy (non-hydrogen) atoms. The third-order valence-electron chi connectivity index (χ3n) is 3.91. The lowest BCUT2D eigenvalue weighted by Gasteiger charge is -2.07. The molecule has 3 aromatic rings. The van der Waals surface area contributed by atoms with Crippen LogP contribution in [0.2, 0.25) is 0 Å². The summed E-state index contributed by atoms with van der Waals surface area (Å²) in [7, 11) is 0. The molecular weight excluding hydrogens is 298 g/mol. The van der Waals surface area contributed by atoms with Crippen molar-refractivity contribution in [2.75, 3.05) is 6.54 Å². The van der Waals surface area contributed by atoms with Crippen LogP contribution < -0.4 is 5.32 Å². The summed E-state index contributed by atoms with van der Waals surface area (Å²) in [6.07, 6.45) is 7.39. The average molecular weight is 319 g/mol. The fraction of sp³-hybridized carbons (Fsp3) is 0.200. The summed E-state index contributed by atoms with van der Waals surface area (Å²) < 4.78 is 2.00. The van der Waals surface area contributed by atoms with Crippen LogP contribution in [0.15, 0.2) is 73.3 Å². The molecule has 3 rings (SSSR count). The van der Waals surface area contributed by atoms with Gasteiger partial charge in [-0.15, -0.1) is 0 Å². The third kappa shape index (κ3) is 4.56. The van der Waals surface area contributed by atoms with Gasteiger partial charge in [-0.2, -0.15) is 0 Å². The van der Waals surface area contributed by atoms with E-state index in [1.165, 1.54) is 5.56 Å². The number of imidazole rings is 1. The summed E-state index contributed by atoms with van der Waals surface area (Å²) in [6, 6.07) is 18.0. The molecular formula is C20H21N3O. The van der Waals surface area contributed by atoms with Crippen LogP contribution in [0, 0.1) is 0 Å². The highest BCUT2D eigenvalue weighted by Gasteiger charge is 2.05. The number of benzene rings is 2. The van der Waals surface area contributed by atoms with Crippen molar-refractivity contribution in [2.45, 2.75) is 19.4 Å². The van der Waals surface area contributed by atoms with Gasteiger partial charge in [0, 0.05) is 31.0 Å². The molecule has 0 atom stereocenters. The highest BCUT2D eigenvalue weighted by Crippen LogP contribution is 2.07. The van der Waals surface area contributed by atoms with Crippen molar-refractivity contribution in [1.29, 1.82) is 0 Å². The number of aryl methyl sites for hydroxylation is 1. The summed E-state index contributed by atoms with van der Waals surface area (Å²) in [5, 5.41) is 2.98.